The molecule has 156 valence electrons. The minimum atomic E-state index is -0.230. The van der Waals surface area contributed by atoms with E-state index >= 15 is 0 Å². The van der Waals surface area contributed by atoms with Gasteiger partial charge >= 0.3 is 0 Å². The monoisotopic (exact) mass is 407 g/mol. The standard InChI is InChI=1S/C22H26N6O2/c1-15-7-5-8-16-11-17(21(29)23-20(15)16)12-27(13-18-9-6-10-30-18)14-19-24-25-26-28(19)22(2,3)4/h5-11H,12-14H2,1-4H3,(H,23,29)/p+1. The summed E-state index contributed by atoms with van der Waals surface area (Å²) in [4.78, 5) is 17.0. The van der Waals surface area contributed by atoms with E-state index in [2.05, 4.69) is 41.3 Å². The highest BCUT2D eigenvalue weighted by atomic mass is 16.3. The molecule has 4 aromatic rings. The summed E-state index contributed by atoms with van der Waals surface area (Å²) in [6, 6.07) is 11.8. The molecular formula is C22H27N6O2+. The largest absolute Gasteiger partial charge is 0.463 e. The number of aryl methyl sites for hydroxylation is 1. The first-order valence-corrected chi connectivity index (χ1v) is 10.1. The second-order valence-corrected chi connectivity index (χ2v) is 8.70. The van der Waals surface area contributed by atoms with E-state index in [0.29, 0.717) is 19.6 Å². The highest BCUT2D eigenvalue weighted by molar-refractivity contribution is 5.81. The van der Waals surface area contributed by atoms with Crippen LogP contribution < -0.4 is 10.5 Å². The van der Waals surface area contributed by atoms with E-state index in [9.17, 15) is 4.79 Å². The molecule has 3 heterocycles. The number of rotatable bonds is 6. The lowest BCUT2D eigenvalue weighted by molar-refractivity contribution is -0.942. The molecule has 1 unspecified atom stereocenters. The fraction of sp³-hybridized carbons (Fsp3) is 0.364. The molecule has 0 aliphatic carbocycles. The zero-order valence-corrected chi connectivity index (χ0v) is 17.8. The molecule has 0 aliphatic rings. The molecule has 30 heavy (non-hydrogen) atoms. The second-order valence-electron chi connectivity index (χ2n) is 8.70. The van der Waals surface area contributed by atoms with Crippen LogP contribution >= 0.6 is 0 Å². The number of H-pyrrole nitrogens is 1. The normalized spacial score (nSPS) is 13.1. The van der Waals surface area contributed by atoms with Gasteiger partial charge in [-0.15, -0.1) is 5.10 Å². The van der Waals surface area contributed by atoms with Crippen LogP contribution in [0.15, 0.2) is 51.9 Å². The van der Waals surface area contributed by atoms with Crippen molar-refractivity contribution < 1.29 is 9.32 Å². The number of aromatic amines is 1. The Bertz CT molecular complexity index is 1200. The maximum Gasteiger partial charge on any atom is 0.257 e. The van der Waals surface area contributed by atoms with Gasteiger partial charge in [-0.05, 0) is 67.3 Å². The summed E-state index contributed by atoms with van der Waals surface area (Å²) in [6.07, 6.45) is 1.66. The smallest absolute Gasteiger partial charge is 0.257 e. The summed E-state index contributed by atoms with van der Waals surface area (Å²) < 4.78 is 7.41. The highest BCUT2D eigenvalue weighted by Crippen LogP contribution is 2.15. The van der Waals surface area contributed by atoms with Gasteiger partial charge in [-0.25, -0.2) is 4.68 Å². The molecule has 1 atom stereocenters. The van der Waals surface area contributed by atoms with Gasteiger partial charge in [0.25, 0.3) is 5.56 Å². The zero-order chi connectivity index (χ0) is 21.3. The highest BCUT2D eigenvalue weighted by Gasteiger charge is 2.24. The van der Waals surface area contributed by atoms with E-state index in [1.807, 2.05) is 48.0 Å². The number of quaternary nitrogens is 1. The summed E-state index contributed by atoms with van der Waals surface area (Å²) in [5, 5.41) is 13.3. The molecule has 8 heteroatoms. The summed E-state index contributed by atoms with van der Waals surface area (Å²) in [6.45, 7) is 9.90. The van der Waals surface area contributed by atoms with Crippen LogP contribution in [0.2, 0.25) is 0 Å². The van der Waals surface area contributed by atoms with E-state index in [4.69, 9.17) is 4.42 Å². The van der Waals surface area contributed by atoms with Crippen molar-refractivity contribution >= 4 is 10.9 Å². The molecule has 0 saturated heterocycles. The Hall–Kier alpha value is -3.26. The predicted molar refractivity (Wildman–Crippen MR) is 113 cm³/mol. The molecule has 1 aromatic carbocycles. The van der Waals surface area contributed by atoms with E-state index in [0.717, 1.165) is 38.5 Å². The van der Waals surface area contributed by atoms with Crippen LogP contribution in [-0.2, 0) is 25.2 Å². The number of hydrogen-bond donors (Lipinski definition) is 2. The molecule has 8 nitrogen and oxygen atoms in total. The Morgan fingerprint density at radius 1 is 1.13 bits per heavy atom. The number of tetrazole rings is 1. The SMILES string of the molecule is Cc1cccc2cc(C[NH+](Cc3ccco3)Cc3nnnn3C(C)(C)C)c(=O)[nH]c12. The van der Waals surface area contributed by atoms with Crippen molar-refractivity contribution in [3.05, 3.63) is 75.7 Å². The van der Waals surface area contributed by atoms with E-state index < -0.39 is 0 Å². The van der Waals surface area contributed by atoms with Gasteiger partial charge in [-0.1, -0.05) is 18.2 Å². The topological polar surface area (TPSA) is 94.0 Å². The first-order chi connectivity index (χ1) is 14.3. The minimum absolute atomic E-state index is 0.0656. The van der Waals surface area contributed by atoms with Crippen LogP contribution in [0.5, 0.6) is 0 Å². The Morgan fingerprint density at radius 2 is 1.97 bits per heavy atom. The van der Waals surface area contributed by atoms with Crippen LogP contribution in [-0.4, -0.2) is 25.2 Å². The minimum Gasteiger partial charge on any atom is -0.463 e. The molecule has 0 aliphatic heterocycles. The second kappa shape index (κ2) is 7.87. The van der Waals surface area contributed by atoms with Gasteiger partial charge in [0.15, 0.2) is 5.76 Å². The number of aromatic nitrogens is 5. The van der Waals surface area contributed by atoms with Crippen LogP contribution in [0.25, 0.3) is 10.9 Å². The van der Waals surface area contributed by atoms with Crippen molar-refractivity contribution in [2.45, 2.75) is 52.9 Å². The van der Waals surface area contributed by atoms with Gasteiger partial charge in [0, 0.05) is 0 Å². The number of fused-ring (bicyclic) bond motifs is 1. The van der Waals surface area contributed by atoms with Gasteiger partial charge in [-0.3, -0.25) is 4.79 Å². The fourth-order valence-electron chi connectivity index (χ4n) is 3.74. The maximum atomic E-state index is 12.8. The lowest BCUT2D eigenvalue weighted by Gasteiger charge is -2.22. The third kappa shape index (κ3) is 4.18. The molecular weight excluding hydrogens is 380 g/mol. The van der Waals surface area contributed by atoms with Gasteiger partial charge in [0.05, 0.1) is 22.9 Å². The number of nitrogens with zero attached hydrogens (tertiary/aromatic N) is 4. The van der Waals surface area contributed by atoms with E-state index in [1.54, 1.807) is 6.26 Å². The third-order valence-corrected chi connectivity index (χ3v) is 5.19. The number of benzene rings is 1. The Morgan fingerprint density at radius 3 is 2.70 bits per heavy atom. The van der Waals surface area contributed by atoms with Gasteiger partial charge < -0.3 is 14.3 Å². The average molecular weight is 407 g/mol. The van der Waals surface area contributed by atoms with Crippen molar-refractivity contribution in [1.82, 2.24) is 25.2 Å². The maximum absolute atomic E-state index is 12.8. The number of para-hydroxylation sites is 1. The van der Waals surface area contributed by atoms with Crippen molar-refractivity contribution in [3.8, 4) is 0 Å². The number of pyridine rings is 1. The molecule has 4 rings (SSSR count). The summed E-state index contributed by atoms with van der Waals surface area (Å²) in [5.74, 6) is 1.63. The molecule has 3 aromatic heterocycles. The van der Waals surface area contributed by atoms with Crippen molar-refractivity contribution in [3.63, 3.8) is 0 Å². The Balaban J connectivity index is 1.67. The van der Waals surface area contributed by atoms with Crippen LogP contribution in [0.4, 0.5) is 0 Å². The molecule has 0 bridgehead atoms. The number of furan rings is 1. The fourth-order valence-corrected chi connectivity index (χ4v) is 3.74. The first kappa shape index (κ1) is 20.0. The average Bonchev–Trinajstić information content (AvgIpc) is 3.35. The van der Waals surface area contributed by atoms with Gasteiger partial charge in [0.1, 0.15) is 19.6 Å². The number of hydrogen-bond acceptors (Lipinski definition) is 5. The van der Waals surface area contributed by atoms with Crippen molar-refractivity contribution in [2.75, 3.05) is 0 Å². The Labute approximate surface area is 174 Å². The number of nitrogens with one attached hydrogen (secondary N) is 2. The summed E-state index contributed by atoms with van der Waals surface area (Å²) in [7, 11) is 0. The van der Waals surface area contributed by atoms with Crippen LogP contribution in [0.3, 0.4) is 0 Å². The molecule has 0 amide bonds. The summed E-state index contributed by atoms with van der Waals surface area (Å²) in [5.41, 5.74) is 2.37. The van der Waals surface area contributed by atoms with E-state index in [1.165, 1.54) is 0 Å². The molecule has 0 spiro atoms. The third-order valence-electron chi connectivity index (χ3n) is 5.19. The van der Waals surface area contributed by atoms with Gasteiger partial charge in [-0.2, -0.15) is 0 Å². The van der Waals surface area contributed by atoms with Crippen molar-refractivity contribution in [2.24, 2.45) is 0 Å². The summed E-state index contributed by atoms with van der Waals surface area (Å²) >= 11 is 0. The predicted octanol–water partition coefficient (Wildman–Crippen LogP) is 1.96. The molecule has 0 fully saturated rings. The van der Waals surface area contributed by atoms with Gasteiger partial charge in [0.2, 0.25) is 5.82 Å². The zero-order valence-electron chi connectivity index (χ0n) is 17.8. The lowest BCUT2D eigenvalue weighted by atomic mass is 10.1. The quantitative estimate of drug-likeness (QED) is 0.510. The van der Waals surface area contributed by atoms with Crippen LogP contribution in [0, 0.1) is 6.92 Å². The van der Waals surface area contributed by atoms with Crippen LogP contribution in [0.1, 0.15) is 43.5 Å². The Kier molecular flexibility index (Phi) is 5.26. The lowest BCUT2D eigenvalue weighted by Crippen LogP contribution is -3.08. The van der Waals surface area contributed by atoms with Crippen molar-refractivity contribution in [1.29, 1.82) is 0 Å². The first-order valence-electron chi connectivity index (χ1n) is 10.1. The molecule has 0 saturated carbocycles. The molecule has 2 N–H and O–H groups in total. The molecule has 0 radical (unpaired) electrons. The van der Waals surface area contributed by atoms with E-state index in [-0.39, 0.29) is 11.1 Å².